The maximum atomic E-state index is 13.8. The van der Waals surface area contributed by atoms with Crippen LogP contribution in [0, 0.1) is 11.8 Å². The summed E-state index contributed by atoms with van der Waals surface area (Å²) in [5, 5.41) is 57.3. The second kappa shape index (κ2) is 8.11. The van der Waals surface area contributed by atoms with Crippen molar-refractivity contribution in [2.45, 2.75) is 30.6 Å². The molecule has 0 bridgehead atoms. The molecule has 192 valence electrons. The van der Waals surface area contributed by atoms with Gasteiger partial charge in [0, 0.05) is 11.5 Å². The van der Waals surface area contributed by atoms with Crippen molar-refractivity contribution in [3.05, 3.63) is 40.2 Å². The van der Waals surface area contributed by atoms with E-state index in [1.54, 1.807) is 12.2 Å². The zero-order valence-electron chi connectivity index (χ0n) is 19.3. The van der Waals surface area contributed by atoms with Crippen LogP contribution >= 0.6 is 0 Å². The molecule has 1 fully saturated rings. The summed E-state index contributed by atoms with van der Waals surface area (Å²) in [7, 11) is 2.81. The Morgan fingerprint density at radius 1 is 1.17 bits per heavy atom. The number of primary amides is 1. The predicted octanol–water partition coefficient (Wildman–Crippen LogP) is -0.00280. The van der Waals surface area contributed by atoms with Gasteiger partial charge in [-0.15, -0.1) is 4.39 Å². The Hall–Kier alpha value is -3.81. The highest BCUT2D eigenvalue weighted by atomic mass is 19.1. The molecule has 12 nitrogen and oxygen atoms in total. The summed E-state index contributed by atoms with van der Waals surface area (Å²) in [5.74, 6) is -10.5. The smallest absolute Gasteiger partial charge is 0.401 e. The first-order valence-corrected chi connectivity index (χ1v) is 10.8. The fourth-order valence-electron chi connectivity index (χ4n) is 5.82. The number of phenolic OH excluding ortho intramolecular Hbond substituents is 1. The molecule has 6 atom stereocenters. The molecule has 6 unspecified atom stereocenters. The molecule has 0 radical (unpaired) electrons. The summed E-state index contributed by atoms with van der Waals surface area (Å²) in [6.45, 7) is 1.55. The topological polar surface area (TPSA) is 211 Å². The number of hydrogen-bond donors (Lipinski definition) is 7. The number of hydrogen-bond acceptors (Lipinski definition) is 10. The van der Waals surface area contributed by atoms with Gasteiger partial charge in [-0.25, -0.2) is 4.79 Å². The van der Waals surface area contributed by atoms with Gasteiger partial charge >= 0.3 is 6.16 Å². The predicted molar refractivity (Wildman–Crippen MR) is 120 cm³/mol. The number of anilines is 1. The molecular weight excluding hydrogens is 481 g/mol. The Morgan fingerprint density at radius 2 is 1.78 bits per heavy atom. The van der Waals surface area contributed by atoms with E-state index < -0.39 is 93.2 Å². The molecule has 0 aromatic heterocycles. The minimum Gasteiger partial charge on any atom is -0.508 e. The van der Waals surface area contributed by atoms with E-state index in [0.29, 0.717) is 0 Å². The molecule has 8 N–H and O–H groups in total. The number of likely N-dealkylation sites (N-methyl/N-ethyl adjacent to an activating group) is 1. The number of nitrogens with two attached hydrogens (primary N) is 1. The van der Waals surface area contributed by atoms with Crippen molar-refractivity contribution in [1.29, 1.82) is 0 Å². The first kappa shape index (κ1) is 25.3. The Bertz CT molecular complexity index is 1300. The monoisotopic (exact) mass is 505 g/mol. The molecule has 4 rings (SSSR count). The van der Waals surface area contributed by atoms with Gasteiger partial charge in [0.1, 0.15) is 22.8 Å². The Labute approximate surface area is 203 Å². The number of fused-ring (bicyclic) bond motifs is 3. The molecule has 1 aromatic carbocycles. The van der Waals surface area contributed by atoms with Crippen LogP contribution in [0.4, 0.5) is 14.9 Å². The number of ketones is 2. The fraction of sp³-hybridized carbons (Fsp3) is 0.391. The van der Waals surface area contributed by atoms with E-state index in [4.69, 9.17) is 5.73 Å². The number of nitrogens with one attached hydrogen (secondary N) is 1. The van der Waals surface area contributed by atoms with Gasteiger partial charge in [0.05, 0.1) is 29.3 Å². The number of nitrogens with zero attached hydrogens (tertiary/aromatic N) is 1. The lowest BCUT2D eigenvalue weighted by atomic mass is 9.54. The van der Waals surface area contributed by atoms with Gasteiger partial charge in [-0.1, -0.05) is 13.0 Å². The molecule has 13 heteroatoms. The van der Waals surface area contributed by atoms with Crippen LogP contribution in [0.25, 0.3) is 5.76 Å². The second-order valence-corrected chi connectivity index (χ2v) is 9.37. The van der Waals surface area contributed by atoms with Crippen LogP contribution in [-0.2, 0) is 14.4 Å². The number of Topliss-reactive ketones (excluding diaryl/α,β-unsaturated/α-hetero) is 2. The normalized spacial score (nSPS) is 31.7. The van der Waals surface area contributed by atoms with Crippen LogP contribution in [0.3, 0.4) is 0 Å². The standard InChI is InChI=1S/C23H24FN3O9/c1-6-7-4-5-8(26-22(24)35)15(28)10(7)16(29)11-9(6)17(30)13-14(27(2)3)18(31)12(21(25)34)20(33)23(13,36)19(11)32/h4-6,9,13-14,17,28-30,33,36H,1-3H3,(H2,25,34)(H,26,35). The third-order valence-corrected chi connectivity index (χ3v) is 7.36. The number of carbonyl (C=O) groups excluding carboxylic acids is 4. The maximum absolute atomic E-state index is 13.8. The number of aliphatic hydroxyl groups excluding tert-OH is 3. The van der Waals surface area contributed by atoms with Crippen molar-refractivity contribution in [3.8, 4) is 5.75 Å². The SMILES string of the molecule is CC1c2ccc(NC(=O)F)c(O)c2C(O)=C2C(=O)C3(O)C(O)=C(C(N)=O)C(=O)C(N(C)C)C3C(O)C21. The number of halogens is 1. The van der Waals surface area contributed by atoms with Crippen molar-refractivity contribution in [2.75, 3.05) is 19.4 Å². The largest absolute Gasteiger partial charge is 0.508 e. The van der Waals surface area contributed by atoms with Crippen LogP contribution in [0.2, 0.25) is 0 Å². The minimum atomic E-state index is -3.04. The molecule has 1 saturated carbocycles. The highest BCUT2D eigenvalue weighted by molar-refractivity contribution is 6.24. The quantitative estimate of drug-likeness (QED) is 0.126. The first-order chi connectivity index (χ1) is 16.7. The molecule has 36 heavy (non-hydrogen) atoms. The Morgan fingerprint density at radius 3 is 2.31 bits per heavy atom. The molecule has 3 aliphatic carbocycles. The maximum Gasteiger partial charge on any atom is 0.401 e. The van der Waals surface area contributed by atoms with Crippen molar-refractivity contribution in [2.24, 2.45) is 17.6 Å². The molecule has 1 aromatic rings. The number of aliphatic hydroxyl groups is 4. The van der Waals surface area contributed by atoms with E-state index in [2.05, 4.69) is 0 Å². The van der Waals surface area contributed by atoms with E-state index in [0.717, 1.165) is 6.07 Å². The van der Waals surface area contributed by atoms with Crippen LogP contribution in [-0.4, -0.2) is 85.9 Å². The van der Waals surface area contributed by atoms with Crippen molar-refractivity contribution in [1.82, 2.24) is 4.90 Å². The fourth-order valence-corrected chi connectivity index (χ4v) is 5.82. The van der Waals surface area contributed by atoms with Gasteiger partial charge < -0.3 is 31.3 Å². The molecule has 0 spiro atoms. The van der Waals surface area contributed by atoms with Crippen LogP contribution in [0.5, 0.6) is 5.75 Å². The zero-order valence-corrected chi connectivity index (χ0v) is 19.3. The summed E-state index contributed by atoms with van der Waals surface area (Å²) in [6, 6.07) is 1.04. The molecule has 2 amide bonds. The number of rotatable bonds is 3. The lowest BCUT2D eigenvalue weighted by Gasteiger charge is -2.53. The van der Waals surface area contributed by atoms with Gasteiger partial charge in [-0.2, -0.15) is 0 Å². The van der Waals surface area contributed by atoms with Crippen molar-refractivity contribution < 1.29 is 49.1 Å². The van der Waals surface area contributed by atoms with Crippen LogP contribution in [0.15, 0.2) is 29.0 Å². The van der Waals surface area contributed by atoms with Crippen molar-refractivity contribution >= 4 is 35.1 Å². The van der Waals surface area contributed by atoms with E-state index >= 15 is 0 Å². The lowest BCUT2D eigenvalue weighted by Crippen LogP contribution is -2.70. The summed E-state index contributed by atoms with van der Waals surface area (Å²) in [6.07, 6.45) is -3.73. The Balaban J connectivity index is 2.04. The second-order valence-electron chi connectivity index (χ2n) is 9.37. The number of carbonyl (C=O) groups is 4. The summed E-state index contributed by atoms with van der Waals surface area (Å²) >= 11 is 0. The number of phenols is 1. The van der Waals surface area contributed by atoms with E-state index in [-0.39, 0.29) is 11.1 Å². The van der Waals surface area contributed by atoms with E-state index in [1.807, 2.05) is 0 Å². The summed E-state index contributed by atoms with van der Waals surface area (Å²) in [5.41, 5.74) is 0.0279. The van der Waals surface area contributed by atoms with Gasteiger partial charge in [0.15, 0.2) is 11.4 Å². The number of aromatic hydroxyl groups is 1. The Kier molecular flexibility index (Phi) is 5.70. The number of amides is 2. The van der Waals surface area contributed by atoms with Gasteiger partial charge in [-0.05, 0) is 31.6 Å². The van der Waals surface area contributed by atoms with Gasteiger partial charge in [0.2, 0.25) is 5.78 Å². The molecule has 3 aliphatic rings. The van der Waals surface area contributed by atoms with Gasteiger partial charge in [0.25, 0.3) is 5.91 Å². The molecule has 0 saturated heterocycles. The lowest BCUT2D eigenvalue weighted by molar-refractivity contribution is -0.169. The van der Waals surface area contributed by atoms with E-state index in [1.165, 1.54) is 25.1 Å². The third-order valence-electron chi connectivity index (χ3n) is 7.36. The number of benzene rings is 1. The van der Waals surface area contributed by atoms with Crippen molar-refractivity contribution in [3.63, 3.8) is 0 Å². The average molecular weight is 505 g/mol. The first-order valence-electron chi connectivity index (χ1n) is 10.8. The molecule has 0 aliphatic heterocycles. The summed E-state index contributed by atoms with van der Waals surface area (Å²) < 4.78 is 12.9. The van der Waals surface area contributed by atoms with Crippen LogP contribution < -0.4 is 11.1 Å². The zero-order chi connectivity index (χ0) is 27.0. The highest BCUT2D eigenvalue weighted by Gasteiger charge is 2.68. The minimum absolute atomic E-state index is 0.217. The van der Waals surface area contributed by atoms with Gasteiger partial charge in [-0.3, -0.25) is 24.6 Å². The van der Waals surface area contributed by atoms with Crippen LogP contribution in [0.1, 0.15) is 24.0 Å². The highest BCUT2D eigenvalue weighted by Crippen LogP contribution is 2.56. The average Bonchev–Trinajstić information content (AvgIpc) is 2.77. The third kappa shape index (κ3) is 3.09. The van der Waals surface area contributed by atoms with E-state index in [9.17, 15) is 49.1 Å². The summed E-state index contributed by atoms with van der Waals surface area (Å²) in [4.78, 5) is 51.0. The molecular formula is C23H24FN3O9. The molecule has 0 heterocycles.